The van der Waals surface area contributed by atoms with E-state index in [1.807, 2.05) is 35.2 Å². The third-order valence-corrected chi connectivity index (χ3v) is 3.16. The fraction of sp³-hybridized carbons (Fsp3) is 0. The zero-order valence-electron chi connectivity index (χ0n) is 13.4. The van der Waals surface area contributed by atoms with E-state index in [0.717, 1.165) is 23.6 Å². The lowest BCUT2D eigenvalue weighted by atomic mass is 10.1. The highest BCUT2D eigenvalue weighted by Gasteiger charge is 2.01. The van der Waals surface area contributed by atoms with E-state index < -0.39 is 0 Å². The summed E-state index contributed by atoms with van der Waals surface area (Å²) in [7, 11) is 0. The van der Waals surface area contributed by atoms with E-state index in [2.05, 4.69) is 20.3 Å². The molecule has 0 unspecified atom stereocenters. The molecule has 10 heteroatoms. The molecule has 0 aliphatic carbocycles. The van der Waals surface area contributed by atoms with Crippen molar-refractivity contribution in [2.75, 3.05) is 0 Å². The van der Waals surface area contributed by atoms with Crippen molar-refractivity contribution in [2.45, 2.75) is 0 Å². The molecule has 0 radical (unpaired) electrons. The second-order valence-electron chi connectivity index (χ2n) is 4.80. The van der Waals surface area contributed by atoms with Crippen LogP contribution in [0, 0.1) is 0 Å². The minimum atomic E-state index is -0.0119. The zero-order chi connectivity index (χ0) is 18.8. The first-order chi connectivity index (χ1) is 12.7. The Kier molecular flexibility index (Phi) is 6.80. The SMILES string of the molecule is ON=CC(=Nc1ccc(-c2ccc(N=C(C=NO)NO)cc2)cc1)NO. The van der Waals surface area contributed by atoms with Gasteiger partial charge in [-0.2, -0.15) is 0 Å². The Hall–Kier alpha value is -3.76. The van der Waals surface area contributed by atoms with E-state index in [4.69, 9.17) is 20.8 Å². The maximum absolute atomic E-state index is 8.86. The maximum Gasteiger partial charge on any atom is 0.172 e. The van der Waals surface area contributed by atoms with Crippen molar-refractivity contribution in [1.29, 1.82) is 0 Å². The largest absolute Gasteiger partial charge is 0.411 e. The molecule has 2 aromatic rings. The summed E-state index contributed by atoms with van der Waals surface area (Å²) in [6.45, 7) is 0. The lowest BCUT2D eigenvalue weighted by Gasteiger charge is -2.04. The molecule has 2 aromatic carbocycles. The van der Waals surface area contributed by atoms with E-state index in [9.17, 15) is 0 Å². The maximum atomic E-state index is 8.86. The highest BCUT2D eigenvalue weighted by Crippen LogP contribution is 2.25. The van der Waals surface area contributed by atoms with E-state index in [1.54, 1.807) is 24.3 Å². The summed E-state index contributed by atoms with van der Waals surface area (Å²) in [5.74, 6) is -0.0237. The van der Waals surface area contributed by atoms with E-state index >= 15 is 0 Å². The van der Waals surface area contributed by atoms with Crippen molar-refractivity contribution in [2.24, 2.45) is 20.3 Å². The predicted octanol–water partition coefficient (Wildman–Crippen LogP) is 2.29. The molecule has 0 bridgehead atoms. The minimum absolute atomic E-state index is 0.0119. The molecule has 0 heterocycles. The van der Waals surface area contributed by atoms with Crippen LogP contribution in [0.25, 0.3) is 11.1 Å². The topological polar surface area (TPSA) is 154 Å². The van der Waals surface area contributed by atoms with E-state index in [1.165, 1.54) is 0 Å². The van der Waals surface area contributed by atoms with Crippen LogP contribution in [0.1, 0.15) is 0 Å². The molecular weight excluding hydrogens is 340 g/mol. The molecule has 0 amide bonds. The second kappa shape index (κ2) is 9.52. The number of hydrogen-bond donors (Lipinski definition) is 6. The van der Waals surface area contributed by atoms with Crippen LogP contribution >= 0.6 is 0 Å². The minimum Gasteiger partial charge on any atom is -0.411 e. The summed E-state index contributed by atoms with van der Waals surface area (Å²) < 4.78 is 0. The first kappa shape index (κ1) is 18.6. The second-order valence-corrected chi connectivity index (χ2v) is 4.80. The van der Waals surface area contributed by atoms with Gasteiger partial charge in [-0.15, -0.1) is 0 Å². The van der Waals surface area contributed by atoms with Crippen LogP contribution in [0.5, 0.6) is 0 Å². The molecular formula is C16H16N6O4. The van der Waals surface area contributed by atoms with Gasteiger partial charge in [0.1, 0.15) is 12.4 Å². The van der Waals surface area contributed by atoms with Gasteiger partial charge in [0.15, 0.2) is 11.7 Å². The third-order valence-electron chi connectivity index (χ3n) is 3.16. The Morgan fingerprint density at radius 3 is 1.27 bits per heavy atom. The molecule has 6 N–H and O–H groups in total. The van der Waals surface area contributed by atoms with Crippen LogP contribution in [0.4, 0.5) is 11.4 Å². The summed E-state index contributed by atoms with van der Waals surface area (Å²) in [4.78, 5) is 8.08. The smallest absolute Gasteiger partial charge is 0.172 e. The molecule has 0 aliphatic heterocycles. The number of benzene rings is 2. The van der Waals surface area contributed by atoms with Gasteiger partial charge in [0.2, 0.25) is 0 Å². The number of nitrogens with one attached hydrogen (secondary N) is 2. The van der Waals surface area contributed by atoms with Crippen LogP contribution in [0.2, 0.25) is 0 Å². The Balaban J connectivity index is 2.19. The fourth-order valence-corrected chi connectivity index (χ4v) is 2.01. The van der Waals surface area contributed by atoms with E-state index in [-0.39, 0.29) is 11.7 Å². The summed E-state index contributed by atoms with van der Waals surface area (Å²) in [5.41, 5.74) is 6.57. The van der Waals surface area contributed by atoms with Gasteiger partial charge in [0, 0.05) is 0 Å². The molecule has 0 saturated heterocycles. The van der Waals surface area contributed by atoms with Crippen molar-refractivity contribution in [1.82, 2.24) is 11.0 Å². The number of aliphatic imine (C=N–C) groups is 2. The van der Waals surface area contributed by atoms with Gasteiger partial charge in [0.25, 0.3) is 0 Å². The Morgan fingerprint density at radius 1 is 0.654 bits per heavy atom. The quantitative estimate of drug-likeness (QED) is 0.209. The van der Waals surface area contributed by atoms with Gasteiger partial charge in [-0.1, -0.05) is 34.6 Å². The molecule has 0 aromatic heterocycles. The number of amidine groups is 2. The van der Waals surface area contributed by atoms with Crippen LogP contribution in [0.15, 0.2) is 68.8 Å². The first-order valence-corrected chi connectivity index (χ1v) is 7.23. The van der Waals surface area contributed by atoms with Gasteiger partial charge < -0.3 is 10.4 Å². The molecule has 0 saturated carbocycles. The Morgan fingerprint density at radius 2 is 1.00 bits per heavy atom. The van der Waals surface area contributed by atoms with Crippen molar-refractivity contribution < 1.29 is 20.8 Å². The van der Waals surface area contributed by atoms with Gasteiger partial charge in [0.05, 0.1) is 11.4 Å². The number of oxime groups is 2. The summed E-state index contributed by atoms with van der Waals surface area (Å²) in [5, 5.41) is 40.2. The average molecular weight is 356 g/mol. The Bertz CT molecular complexity index is 757. The zero-order valence-corrected chi connectivity index (χ0v) is 13.4. The molecule has 0 fully saturated rings. The van der Waals surface area contributed by atoms with Gasteiger partial charge in [-0.05, 0) is 35.4 Å². The highest BCUT2D eigenvalue weighted by atomic mass is 16.5. The van der Waals surface area contributed by atoms with Crippen molar-refractivity contribution >= 4 is 35.5 Å². The fourth-order valence-electron chi connectivity index (χ4n) is 2.01. The highest BCUT2D eigenvalue weighted by molar-refractivity contribution is 6.29. The number of hydroxylamine groups is 2. The van der Waals surface area contributed by atoms with E-state index in [0.29, 0.717) is 11.4 Å². The van der Waals surface area contributed by atoms with Crippen LogP contribution in [0.3, 0.4) is 0 Å². The number of rotatable bonds is 5. The third kappa shape index (κ3) is 5.12. The van der Waals surface area contributed by atoms with Gasteiger partial charge in [-0.25, -0.2) is 9.98 Å². The normalized spacial score (nSPS) is 12.7. The molecule has 2 rings (SSSR count). The van der Waals surface area contributed by atoms with Gasteiger partial charge >= 0.3 is 0 Å². The Labute approximate surface area is 148 Å². The molecule has 26 heavy (non-hydrogen) atoms. The lowest BCUT2D eigenvalue weighted by Crippen LogP contribution is -2.19. The monoisotopic (exact) mass is 356 g/mol. The van der Waals surface area contributed by atoms with Crippen LogP contribution < -0.4 is 11.0 Å². The van der Waals surface area contributed by atoms with Crippen LogP contribution in [-0.2, 0) is 0 Å². The summed E-state index contributed by atoms with van der Waals surface area (Å²) in [6, 6.07) is 14.3. The molecule has 0 atom stereocenters. The predicted molar refractivity (Wildman–Crippen MR) is 96.5 cm³/mol. The summed E-state index contributed by atoms with van der Waals surface area (Å²) in [6.07, 6.45) is 1.92. The first-order valence-electron chi connectivity index (χ1n) is 7.23. The summed E-state index contributed by atoms with van der Waals surface area (Å²) >= 11 is 0. The lowest BCUT2D eigenvalue weighted by molar-refractivity contribution is 0.236. The van der Waals surface area contributed by atoms with Gasteiger partial charge in [-0.3, -0.25) is 21.4 Å². The van der Waals surface area contributed by atoms with Crippen LogP contribution in [-0.4, -0.2) is 44.9 Å². The van der Waals surface area contributed by atoms with Crippen molar-refractivity contribution in [3.8, 4) is 11.1 Å². The average Bonchev–Trinajstić information content (AvgIpc) is 2.68. The van der Waals surface area contributed by atoms with Crippen molar-refractivity contribution in [3.63, 3.8) is 0 Å². The molecule has 0 aliphatic rings. The molecule has 0 spiro atoms. The number of hydrogen-bond acceptors (Lipinski definition) is 8. The molecule has 134 valence electrons. The van der Waals surface area contributed by atoms with Crippen molar-refractivity contribution in [3.05, 3.63) is 48.5 Å². The molecule has 10 nitrogen and oxygen atoms in total. The standard InChI is InChI=1S/C16H16N6O4/c23-17-9-15(21-25)19-13-5-1-11(2-6-13)12-3-7-14(8-4-12)20-16(22-26)10-18-24/h1-10,23-26H,(H,19,21)(H,20,22). The number of nitrogens with zero attached hydrogens (tertiary/aromatic N) is 4.